The Kier molecular flexibility index (Phi) is 3.61. The molecule has 1 heterocycles. The van der Waals surface area contributed by atoms with Crippen LogP contribution in [-0.4, -0.2) is 14.9 Å². The van der Waals surface area contributed by atoms with Crippen molar-refractivity contribution in [2.75, 3.05) is 5.73 Å². The van der Waals surface area contributed by atoms with E-state index in [1.165, 1.54) is 24.4 Å². The van der Waals surface area contributed by atoms with Crippen molar-refractivity contribution >= 4 is 27.6 Å². The molecule has 8 heteroatoms. The van der Waals surface area contributed by atoms with Crippen LogP contribution in [0.1, 0.15) is 5.56 Å². The van der Waals surface area contributed by atoms with Gasteiger partial charge >= 0.3 is 0 Å². The molecule has 98 valence electrons. The molecular weight excluding hydrogens is 316 g/mol. The molecule has 7 nitrogen and oxygen atoms in total. The van der Waals surface area contributed by atoms with Crippen molar-refractivity contribution in [1.82, 2.24) is 9.97 Å². The van der Waals surface area contributed by atoms with Crippen molar-refractivity contribution in [3.63, 3.8) is 0 Å². The monoisotopic (exact) mass is 324 g/mol. The van der Waals surface area contributed by atoms with Crippen LogP contribution >= 0.6 is 15.9 Å². The number of nitro benzene ring substituents is 1. The van der Waals surface area contributed by atoms with Gasteiger partial charge in [0.05, 0.1) is 15.6 Å². The number of nitrogen functional groups attached to an aromatic ring is 1. The summed E-state index contributed by atoms with van der Waals surface area (Å²) in [6.07, 6.45) is 1.47. The van der Waals surface area contributed by atoms with Gasteiger partial charge < -0.3 is 10.5 Å². The molecule has 19 heavy (non-hydrogen) atoms. The number of aromatic nitrogens is 2. The number of nitrogens with zero attached hydrogens (tertiary/aromatic N) is 3. The summed E-state index contributed by atoms with van der Waals surface area (Å²) in [4.78, 5) is 17.9. The fourth-order valence-corrected chi connectivity index (χ4v) is 1.67. The van der Waals surface area contributed by atoms with E-state index in [1.54, 1.807) is 6.92 Å². The molecule has 0 aliphatic rings. The number of benzene rings is 1. The van der Waals surface area contributed by atoms with Crippen LogP contribution in [0.15, 0.2) is 28.9 Å². The Balaban J connectivity index is 2.33. The average Bonchev–Trinajstić information content (AvgIpc) is 2.36. The van der Waals surface area contributed by atoms with Gasteiger partial charge in [0.15, 0.2) is 0 Å². The van der Waals surface area contributed by atoms with Crippen molar-refractivity contribution in [2.45, 2.75) is 6.92 Å². The van der Waals surface area contributed by atoms with Crippen LogP contribution in [0.4, 0.5) is 11.6 Å². The predicted molar refractivity (Wildman–Crippen MR) is 72.1 cm³/mol. The topological polar surface area (TPSA) is 104 Å². The highest BCUT2D eigenvalue weighted by Crippen LogP contribution is 2.31. The molecule has 0 spiro atoms. The van der Waals surface area contributed by atoms with Gasteiger partial charge in [0, 0.05) is 12.1 Å². The Bertz CT molecular complexity index is 648. The van der Waals surface area contributed by atoms with E-state index < -0.39 is 4.92 Å². The third-order valence-electron chi connectivity index (χ3n) is 2.31. The number of aryl methyl sites for hydroxylation is 1. The van der Waals surface area contributed by atoms with Gasteiger partial charge in [-0.2, -0.15) is 4.98 Å². The zero-order valence-corrected chi connectivity index (χ0v) is 11.4. The first-order valence-electron chi connectivity index (χ1n) is 5.18. The van der Waals surface area contributed by atoms with Crippen molar-refractivity contribution in [3.8, 4) is 11.6 Å². The summed E-state index contributed by atoms with van der Waals surface area (Å²) in [5.41, 5.74) is 6.10. The number of halogens is 1. The Hall–Kier alpha value is -2.22. The summed E-state index contributed by atoms with van der Waals surface area (Å²) < 4.78 is 6.10. The first-order valence-corrected chi connectivity index (χ1v) is 5.97. The lowest BCUT2D eigenvalue weighted by molar-refractivity contribution is -0.384. The van der Waals surface area contributed by atoms with Crippen LogP contribution in [0.3, 0.4) is 0 Å². The summed E-state index contributed by atoms with van der Waals surface area (Å²) >= 11 is 3.24. The first-order chi connectivity index (χ1) is 8.97. The van der Waals surface area contributed by atoms with E-state index in [4.69, 9.17) is 10.5 Å². The van der Waals surface area contributed by atoms with Crippen LogP contribution in [-0.2, 0) is 0 Å². The Labute approximate surface area is 116 Å². The second-order valence-electron chi connectivity index (χ2n) is 3.69. The number of nitrogens with two attached hydrogens (primary N) is 1. The minimum absolute atomic E-state index is 0.00566. The van der Waals surface area contributed by atoms with Gasteiger partial charge in [0.2, 0.25) is 11.8 Å². The number of hydrogen-bond acceptors (Lipinski definition) is 6. The third-order valence-corrected chi connectivity index (χ3v) is 2.85. The number of hydrogen-bond donors (Lipinski definition) is 1. The van der Waals surface area contributed by atoms with Gasteiger partial charge in [-0.1, -0.05) is 0 Å². The molecule has 2 aromatic rings. The summed E-state index contributed by atoms with van der Waals surface area (Å²) in [7, 11) is 0. The Morgan fingerprint density at radius 1 is 1.47 bits per heavy atom. The van der Waals surface area contributed by atoms with Gasteiger partial charge in [-0.05, 0) is 34.5 Å². The number of nitro groups is 1. The molecule has 2 rings (SSSR count). The van der Waals surface area contributed by atoms with Gasteiger partial charge in [0.1, 0.15) is 5.75 Å². The molecule has 0 aliphatic carbocycles. The lowest BCUT2D eigenvalue weighted by atomic mass is 10.2. The molecule has 1 aromatic carbocycles. The summed E-state index contributed by atoms with van der Waals surface area (Å²) in [6, 6.07) is 4.30. The SMILES string of the molecule is Cc1cc([N+](=O)[O-])ccc1Oc1nc(N)ncc1Br. The van der Waals surface area contributed by atoms with Crippen LogP contribution in [0.5, 0.6) is 11.6 Å². The van der Waals surface area contributed by atoms with Gasteiger partial charge in [-0.15, -0.1) is 0 Å². The summed E-state index contributed by atoms with van der Waals surface area (Å²) in [5, 5.41) is 10.6. The normalized spacial score (nSPS) is 10.2. The zero-order chi connectivity index (χ0) is 14.0. The molecule has 0 saturated heterocycles. The molecule has 0 atom stereocenters. The zero-order valence-electron chi connectivity index (χ0n) is 9.83. The number of ether oxygens (including phenoxy) is 1. The van der Waals surface area contributed by atoms with Crippen LogP contribution in [0, 0.1) is 17.0 Å². The van der Waals surface area contributed by atoms with E-state index in [1.807, 2.05) is 0 Å². The largest absolute Gasteiger partial charge is 0.437 e. The van der Waals surface area contributed by atoms with Crippen LogP contribution < -0.4 is 10.5 Å². The summed E-state index contributed by atoms with van der Waals surface area (Å²) in [6.45, 7) is 1.71. The van der Waals surface area contributed by atoms with Crippen molar-refractivity contribution < 1.29 is 9.66 Å². The fourth-order valence-electron chi connectivity index (χ4n) is 1.40. The molecular formula is C11H9BrN4O3. The maximum Gasteiger partial charge on any atom is 0.269 e. The molecule has 0 amide bonds. The highest BCUT2D eigenvalue weighted by molar-refractivity contribution is 9.10. The maximum atomic E-state index is 10.6. The van der Waals surface area contributed by atoms with Gasteiger partial charge in [-0.25, -0.2) is 4.98 Å². The van der Waals surface area contributed by atoms with Gasteiger partial charge in [-0.3, -0.25) is 10.1 Å². The standard InChI is InChI=1S/C11H9BrN4O3/c1-6-4-7(16(17)18)2-3-9(6)19-10-8(12)5-14-11(13)15-10/h2-5H,1H3,(H2,13,14,15). The lowest BCUT2D eigenvalue weighted by Crippen LogP contribution is -1.98. The van der Waals surface area contributed by atoms with Crippen LogP contribution in [0.2, 0.25) is 0 Å². The van der Waals surface area contributed by atoms with Crippen molar-refractivity contribution in [3.05, 3.63) is 44.5 Å². The van der Waals surface area contributed by atoms with E-state index in [2.05, 4.69) is 25.9 Å². The molecule has 0 radical (unpaired) electrons. The predicted octanol–water partition coefficient (Wildman–Crippen LogP) is 2.83. The minimum atomic E-state index is -0.463. The number of anilines is 1. The first kappa shape index (κ1) is 13.2. The molecule has 0 aliphatic heterocycles. The molecule has 0 unspecified atom stereocenters. The van der Waals surface area contributed by atoms with E-state index in [0.717, 1.165) is 0 Å². The molecule has 0 fully saturated rings. The number of rotatable bonds is 3. The maximum absolute atomic E-state index is 10.6. The smallest absolute Gasteiger partial charge is 0.269 e. The average molecular weight is 325 g/mol. The molecule has 0 bridgehead atoms. The van der Waals surface area contributed by atoms with Crippen LogP contribution in [0.25, 0.3) is 0 Å². The fraction of sp³-hybridized carbons (Fsp3) is 0.0909. The lowest BCUT2D eigenvalue weighted by Gasteiger charge is -2.09. The third kappa shape index (κ3) is 2.97. The molecule has 1 aromatic heterocycles. The Morgan fingerprint density at radius 3 is 2.84 bits per heavy atom. The second-order valence-corrected chi connectivity index (χ2v) is 4.54. The Morgan fingerprint density at radius 2 is 2.21 bits per heavy atom. The molecule has 0 saturated carbocycles. The number of non-ortho nitro benzene ring substituents is 1. The summed E-state index contributed by atoms with van der Waals surface area (Å²) in [5.74, 6) is 0.798. The van der Waals surface area contributed by atoms with E-state index >= 15 is 0 Å². The van der Waals surface area contributed by atoms with E-state index in [-0.39, 0.29) is 17.5 Å². The molecule has 2 N–H and O–H groups in total. The van der Waals surface area contributed by atoms with Crippen molar-refractivity contribution in [2.24, 2.45) is 0 Å². The minimum Gasteiger partial charge on any atom is -0.437 e. The van der Waals surface area contributed by atoms with Crippen molar-refractivity contribution in [1.29, 1.82) is 0 Å². The van der Waals surface area contributed by atoms with E-state index in [9.17, 15) is 10.1 Å². The second kappa shape index (κ2) is 5.19. The van der Waals surface area contributed by atoms with E-state index in [0.29, 0.717) is 15.8 Å². The van der Waals surface area contributed by atoms with Gasteiger partial charge in [0.25, 0.3) is 5.69 Å². The highest BCUT2D eigenvalue weighted by atomic mass is 79.9. The highest BCUT2D eigenvalue weighted by Gasteiger charge is 2.12. The quantitative estimate of drug-likeness (QED) is 0.687.